The van der Waals surface area contributed by atoms with Gasteiger partial charge in [-0.25, -0.2) is 0 Å². The van der Waals surface area contributed by atoms with Gasteiger partial charge in [-0.1, -0.05) is 0 Å². The smallest absolute Gasteiger partial charge is 0.319 e. The monoisotopic (exact) mass is 247 g/mol. The second-order valence-electron chi connectivity index (χ2n) is 3.65. The van der Waals surface area contributed by atoms with E-state index in [1.54, 1.807) is 18.5 Å². The minimum atomic E-state index is -4.51. The molecule has 8 heteroatoms. The maximum Gasteiger partial charge on any atom is 0.405 e. The number of aromatic nitrogens is 3. The molecule has 0 spiro atoms. The fourth-order valence-corrected chi connectivity index (χ4v) is 1.30. The Labute approximate surface area is 96.3 Å². The summed E-state index contributed by atoms with van der Waals surface area (Å²) in [6.07, 6.45) is -3.06. The molecule has 2 atom stereocenters. The van der Waals surface area contributed by atoms with Gasteiger partial charge >= 0.3 is 6.18 Å². The van der Waals surface area contributed by atoms with Gasteiger partial charge in [0.25, 0.3) is 0 Å². The number of aryl methyl sites for hydroxylation is 1. The van der Waals surface area contributed by atoms with Gasteiger partial charge in [0.1, 0.15) is 12.2 Å². The van der Waals surface area contributed by atoms with Crippen molar-refractivity contribution in [1.82, 2.24) is 20.1 Å². The molecule has 1 aromatic rings. The van der Waals surface area contributed by atoms with Crippen LogP contribution >= 0.6 is 0 Å². The minimum absolute atomic E-state index is 0.402. The van der Waals surface area contributed by atoms with E-state index < -0.39 is 24.7 Å². The minimum Gasteiger partial charge on any atom is -0.319 e. The molecule has 94 valence electrons. The van der Waals surface area contributed by atoms with E-state index in [9.17, 15) is 13.2 Å². The third-order valence-electron chi connectivity index (χ3n) is 2.31. The van der Waals surface area contributed by atoms with Crippen LogP contribution in [-0.4, -0.2) is 27.5 Å². The van der Waals surface area contributed by atoms with Crippen molar-refractivity contribution in [2.45, 2.75) is 19.1 Å². The first-order valence-electron chi connectivity index (χ1n) is 4.90. The molecule has 0 aliphatic carbocycles. The number of hydrogen-bond acceptors (Lipinski definition) is 4. The molecular formula is C9H12F3N5. The molecule has 0 aliphatic rings. The van der Waals surface area contributed by atoms with Crippen LogP contribution in [0.2, 0.25) is 0 Å². The maximum absolute atomic E-state index is 12.3. The zero-order valence-corrected chi connectivity index (χ0v) is 9.36. The molecule has 1 rings (SSSR count). The summed E-state index contributed by atoms with van der Waals surface area (Å²) in [5.41, 5.74) is 0. The average molecular weight is 247 g/mol. The lowest BCUT2D eigenvalue weighted by Crippen LogP contribution is -2.34. The van der Waals surface area contributed by atoms with Crippen molar-refractivity contribution in [2.75, 3.05) is 6.54 Å². The zero-order chi connectivity index (χ0) is 13.1. The number of nitriles is 1. The molecule has 17 heavy (non-hydrogen) atoms. The van der Waals surface area contributed by atoms with Gasteiger partial charge in [0.05, 0.1) is 12.1 Å². The van der Waals surface area contributed by atoms with E-state index in [2.05, 4.69) is 15.5 Å². The van der Waals surface area contributed by atoms with Gasteiger partial charge in [-0.05, 0) is 6.92 Å². The van der Waals surface area contributed by atoms with Crippen molar-refractivity contribution in [3.8, 4) is 6.07 Å². The summed E-state index contributed by atoms with van der Waals surface area (Å²) in [5, 5.41) is 18.4. The summed E-state index contributed by atoms with van der Waals surface area (Å²) in [6.45, 7) is 1.20. The van der Waals surface area contributed by atoms with Crippen LogP contribution in [0.3, 0.4) is 0 Å². The number of rotatable bonds is 4. The highest BCUT2D eigenvalue weighted by Gasteiger charge is 2.39. The molecule has 0 saturated heterocycles. The molecule has 0 aliphatic heterocycles. The third-order valence-corrected chi connectivity index (χ3v) is 2.31. The fourth-order valence-electron chi connectivity index (χ4n) is 1.30. The van der Waals surface area contributed by atoms with Crippen LogP contribution in [0.4, 0.5) is 13.2 Å². The lowest BCUT2D eigenvalue weighted by atomic mass is 10.1. The van der Waals surface area contributed by atoms with Crippen LogP contribution < -0.4 is 5.32 Å². The van der Waals surface area contributed by atoms with Crippen LogP contribution in [-0.2, 0) is 7.05 Å². The van der Waals surface area contributed by atoms with E-state index in [1.165, 1.54) is 12.4 Å². The Morgan fingerprint density at radius 3 is 2.65 bits per heavy atom. The highest BCUT2D eigenvalue weighted by atomic mass is 19.4. The molecule has 0 fully saturated rings. The second-order valence-corrected chi connectivity index (χ2v) is 3.65. The summed E-state index contributed by atoms with van der Waals surface area (Å²) < 4.78 is 38.5. The Balaban J connectivity index is 2.57. The van der Waals surface area contributed by atoms with Gasteiger partial charge in [0.15, 0.2) is 5.92 Å². The normalized spacial score (nSPS) is 15.3. The molecule has 1 heterocycles. The second kappa shape index (κ2) is 5.14. The van der Waals surface area contributed by atoms with Gasteiger partial charge in [-0.3, -0.25) is 0 Å². The standard InChI is InChI=1S/C9H12F3N5/c1-6(8-16-15-5-17(8)2)14-4-7(3-13)9(10,11)12/h5-7,14H,4H2,1-2H3. The van der Waals surface area contributed by atoms with Crippen molar-refractivity contribution in [2.24, 2.45) is 13.0 Å². The van der Waals surface area contributed by atoms with Crippen molar-refractivity contribution < 1.29 is 13.2 Å². The first-order chi connectivity index (χ1) is 7.86. The highest BCUT2D eigenvalue weighted by Crippen LogP contribution is 2.25. The lowest BCUT2D eigenvalue weighted by Gasteiger charge is -2.17. The largest absolute Gasteiger partial charge is 0.405 e. The SMILES string of the molecule is CC(NCC(C#N)C(F)(F)F)c1nncn1C. The molecule has 1 aromatic heterocycles. The average Bonchev–Trinajstić information content (AvgIpc) is 2.63. The Bertz CT molecular complexity index is 405. The summed E-state index contributed by atoms with van der Waals surface area (Å²) >= 11 is 0. The van der Waals surface area contributed by atoms with Crippen LogP contribution in [0, 0.1) is 17.2 Å². The molecule has 1 N–H and O–H groups in total. The summed E-state index contributed by atoms with van der Waals surface area (Å²) in [5.74, 6) is -1.50. The molecule has 5 nitrogen and oxygen atoms in total. The summed E-state index contributed by atoms with van der Waals surface area (Å²) in [4.78, 5) is 0. The Morgan fingerprint density at radius 1 is 1.59 bits per heavy atom. The van der Waals surface area contributed by atoms with Gasteiger partial charge in [-0.2, -0.15) is 18.4 Å². The third kappa shape index (κ3) is 3.42. The quantitative estimate of drug-likeness (QED) is 0.867. The van der Waals surface area contributed by atoms with E-state index in [-0.39, 0.29) is 0 Å². The molecule has 0 saturated carbocycles. The first kappa shape index (κ1) is 13.4. The van der Waals surface area contributed by atoms with E-state index in [4.69, 9.17) is 5.26 Å². The van der Waals surface area contributed by atoms with E-state index >= 15 is 0 Å². The van der Waals surface area contributed by atoms with E-state index in [1.807, 2.05) is 0 Å². The first-order valence-corrected chi connectivity index (χ1v) is 4.90. The highest BCUT2D eigenvalue weighted by molar-refractivity contribution is 4.95. The predicted molar refractivity (Wildman–Crippen MR) is 52.6 cm³/mol. The molecule has 0 bridgehead atoms. The van der Waals surface area contributed by atoms with Gasteiger partial charge < -0.3 is 9.88 Å². The number of alkyl halides is 3. The van der Waals surface area contributed by atoms with Crippen molar-refractivity contribution >= 4 is 0 Å². The van der Waals surface area contributed by atoms with Crippen LogP contribution in [0.25, 0.3) is 0 Å². The predicted octanol–water partition coefficient (Wildman–Crippen LogP) is 1.17. The molecular weight excluding hydrogens is 235 g/mol. The lowest BCUT2D eigenvalue weighted by molar-refractivity contribution is -0.158. The van der Waals surface area contributed by atoms with Gasteiger partial charge in [0, 0.05) is 13.6 Å². The van der Waals surface area contributed by atoms with Gasteiger partial charge in [0.2, 0.25) is 0 Å². The Hall–Kier alpha value is -1.62. The number of hydrogen-bond donors (Lipinski definition) is 1. The Morgan fingerprint density at radius 2 is 2.24 bits per heavy atom. The maximum atomic E-state index is 12.3. The van der Waals surface area contributed by atoms with Crippen LogP contribution in [0.15, 0.2) is 6.33 Å². The fraction of sp³-hybridized carbons (Fsp3) is 0.667. The van der Waals surface area contributed by atoms with E-state index in [0.29, 0.717) is 5.82 Å². The number of nitrogens with zero attached hydrogens (tertiary/aromatic N) is 4. The van der Waals surface area contributed by atoms with E-state index in [0.717, 1.165) is 0 Å². The van der Waals surface area contributed by atoms with Crippen LogP contribution in [0.5, 0.6) is 0 Å². The topological polar surface area (TPSA) is 66.5 Å². The molecule has 2 unspecified atom stereocenters. The zero-order valence-electron chi connectivity index (χ0n) is 9.36. The van der Waals surface area contributed by atoms with Crippen LogP contribution in [0.1, 0.15) is 18.8 Å². The molecule has 0 amide bonds. The summed E-state index contributed by atoms with van der Waals surface area (Å²) in [6, 6.07) is 0.825. The van der Waals surface area contributed by atoms with Crippen molar-refractivity contribution in [3.63, 3.8) is 0 Å². The van der Waals surface area contributed by atoms with Crippen molar-refractivity contribution in [3.05, 3.63) is 12.2 Å². The Kier molecular flexibility index (Phi) is 4.07. The summed E-state index contributed by atoms with van der Waals surface area (Å²) in [7, 11) is 1.69. The molecule has 0 radical (unpaired) electrons. The number of nitrogens with one attached hydrogen (secondary N) is 1. The molecule has 0 aromatic carbocycles. The number of halogens is 3. The van der Waals surface area contributed by atoms with Crippen molar-refractivity contribution in [1.29, 1.82) is 5.26 Å². The van der Waals surface area contributed by atoms with Gasteiger partial charge in [-0.15, -0.1) is 10.2 Å².